The van der Waals surface area contributed by atoms with Gasteiger partial charge in [-0.15, -0.1) is 0 Å². The van der Waals surface area contributed by atoms with Gasteiger partial charge in [0, 0.05) is 11.3 Å². The Labute approximate surface area is 200 Å². The van der Waals surface area contributed by atoms with Crippen molar-refractivity contribution in [3.05, 3.63) is 100 Å². The number of ketones is 1. The van der Waals surface area contributed by atoms with Crippen LogP contribution in [0.5, 0.6) is 5.75 Å². The van der Waals surface area contributed by atoms with E-state index in [0.717, 1.165) is 22.3 Å². The van der Waals surface area contributed by atoms with Crippen molar-refractivity contribution in [2.75, 3.05) is 4.90 Å². The van der Waals surface area contributed by atoms with Crippen LogP contribution < -0.4 is 9.64 Å². The van der Waals surface area contributed by atoms with Crippen molar-refractivity contribution in [1.82, 2.24) is 0 Å². The molecule has 1 N–H and O–H groups in total. The van der Waals surface area contributed by atoms with Gasteiger partial charge in [0.15, 0.2) is 0 Å². The first-order valence-electron chi connectivity index (χ1n) is 11.4. The number of ether oxygens (including phenoxy) is 1. The largest absolute Gasteiger partial charge is 0.507 e. The van der Waals surface area contributed by atoms with Crippen molar-refractivity contribution in [1.29, 1.82) is 0 Å². The molecule has 1 atom stereocenters. The summed E-state index contributed by atoms with van der Waals surface area (Å²) in [6, 6.07) is 19.6. The lowest BCUT2D eigenvalue weighted by molar-refractivity contribution is -0.132. The summed E-state index contributed by atoms with van der Waals surface area (Å²) in [5.74, 6) is -0.848. The van der Waals surface area contributed by atoms with Crippen LogP contribution in [0.25, 0.3) is 5.76 Å². The summed E-state index contributed by atoms with van der Waals surface area (Å²) in [5, 5.41) is 11.4. The van der Waals surface area contributed by atoms with Crippen molar-refractivity contribution in [3.8, 4) is 5.75 Å². The maximum absolute atomic E-state index is 13.3. The molecule has 0 radical (unpaired) electrons. The number of amides is 1. The Morgan fingerprint density at radius 2 is 1.62 bits per heavy atom. The number of Topliss-reactive ketones (excluding diaryl/α,β-unsaturated/α-hetero) is 1. The van der Waals surface area contributed by atoms with E-state index in [-0.39, 0.29) is 17.4 Å². The second kappa shape index (κ2) is 9.18. The topological polar surface area (TPSA) is 66.8 Å². The molecule has 1 fully saturated rings. The third-order valence-electron chi connectivity index (χ3n) is 5.93. The fourth-order valence-electron chi connectivity index (χ4n) is 4.30. The number of hydrogen-bond donors (Lipinski definition) is 1. The highest BCUT2D eigenvalue weighted by Crippen LogP contribution is 2.42. The molecule has 34 heavy (non-hydrogen) atoms. The lowest BCUT2D eigenvalue weighted by Crippen LogP contribution is -2.29. The predicted octanol–water partition coefficient (Wildman–Crippen LogP) is 6.03. The van der Waals surface area contributed by atoms with E-state index in [9.17, 15) is 14.7 Å². The monoisotopic (exact) mass is 455 g/mol. The van der Waals surface area contributed by atoms with Crippen LogP contribution in [0.4, 0.5) is 5.69 Å². The molecule has 5 nitrogen and oxygen atoms in total. The molecular formula is C29H29NO4. The first-order chi connectivity index (χ1) is 16.2. The number of carbonyl (C=O) groups is 2. The molecule has 3 aromatic rings. The Hall–Kier alpha value is -3.86. The molecule has 1 aliphatic rings. The summed E-state index contributed by atoms with van der Waals surface area (Å²) >= 11 is 0. The van der Waals surface area contributed by atoms with Gasteiger partial charge in [0.2, 0.25) is 0 Å². The van der Waals surface area contributed by atoms with Gasteiger partial charge in [-0.3, -0.25) is 14.5 Å². The zero-order valence-corrected chi connectivity index (χ0v) is 20.1. The summed E-state index contributed by atoms with van der Waals surface area (Å²) in [6.45, 7) is 9.70. The van der Waals surface area contributed by atoms with E-state index in [1.807, 2.05) is 83.1 Å². The normalized spacial score (nSPS) is 17.5. The fourth-order valence-corrected chi connectivity index (χ4v) is 4.30. The number of carbonyl (C=O) groups excluding carboxylic acids is 2. The van der Waals surface area contributed by atoms with Crippen LogP contribution in [-0.2, 0) is 9.59 Å². The number of aliphatic hydroxyl groups is 1. The highest BCUT2D eigenvalue weighted by atomic mass is 16.5. The summed E-state index contributed by atoms with van der Waals surface area (Å²) < 4.78 is 5.80. The summed E-state index contributed by atoms with van der Waals surface area (Å²) in [5.41, 5.74) is 4.79. The molecule has 1 saturated heterocycles. The Balaban J connectivity index is 1.89. The summed E-state index contributed by atoms with van der Waals surface area (Å²) in [7, 11) is 0. The Morgan fingerprint density at radius 3 is 2.24 bits per heavy atom. The smallest absolute Gasteiger partial charge is 0.300 e. The molecule has 0 aliphatic carbocycles. The molecule has 1 amide bonds. The maximum Gasteiger partial charge on any atom is 0.300 e. The Bertz CT molecular complexity index is 1290. The van der Waals surface area contributed by atoms with E-state index in [2.05, 4.69) is 0 Å². The fraction of sp³-hybridized carbons (Fsp3) is 0.241. The number of aliphatic hydroxyl groups excluding tert-OH is 1. The number of benzene rings is 3. The molecular weight excluding hydrogens is 426 g/mol. The minimum atomic E-state index is -0.741. The minimum absolute atomic E-state index is 0.0132. The van der Waals surface area contributed by atoms with E-state index in [0.29, 0.717) is 17.0 Å². The first-order valence-corrected chi connectivity index (χ1v) is 11.4. The second-order valence-electron chi connectivity index (χ2n) is 9.07. The number of aryl methyl sites for hydroxylation is 3. The van der Waals surface area contributed by atoms with Crippen LogP contribution in [-0.4, -0.2) is 22.9 Å². The Morgan fingerprint density at radius 1 is 0.912 bits per heavy atom. The molecule has 3 aromatic carbocycles. The van der Waals surface area contributed by atoms with Crippen molar-refractivity contribution in [2.24, 2.45) is 0 Å². The number of anilines is 1. The molecule has 0 bridgehead atoms. The molecule has 1 heterocycles. The molecule has 1 unspecified atom stereocenters. The van der Waals surface area contributed by atoms with Crippen LogP contribution in [0.3, 0.4) is 0 Å². The van der Waals surface area contributed by atoms with Crippen LogP contribution in [0.1, 0.15) is 47.7 Å². The standard InChI is InChI=1S/C29H29NO4/c1-17(2)34-24-14-11-22(16-20(24)5)27(31)25-26(21-8-6-7-19(4)15-21)30(29(33)28(25)32)23-12-9-18(3)10-13-23/h6-17,26,31H,1-5H3/b27-25-. The van der Waals surface area contributed by atoms with Crippen LogP contribution >= 0.6 is 0 Å². The van der Waals surface area contributed by atoms with Gasteiger partial charge < -0.3 is 9.84 Å². The zero-order valence-electron chi connectivity index (χ0n) is 20.1. The quantitative estimate of drug-likeness (QED) is 0.290. The van der Waals surface area contributed by atoms with Crippen LogP contribution in [0.2, 0.25) is 0 Å². The maximum atomic E-state index is 13.3. The van der Waals surface area contributed by atoms with Crippen LogP contribution in [0.15, 0.2) is 72.3 Å². The SMILES string of the molecule is Cc1ccc(N2C(=O)C(=O)/C(=C(\O)c3ccc(OC(C)C)c(C)c3)C2c2cccc(C)c2)cc1. The van der Waals surface area contributed by atoms with Gasteiger partial charge in [-0.05, 0) is 76.1 Å². The average Bonchev–Trinajstić information content (AvgIpc) is 3.05. The third kappa shape index (κ3) is 4.34. The minimum Gasteiger partial charge on any atom is -0.507 e. The van der Waals surface area contributed by atoms with Gasteiger partial charge >= 0.3 is 0 Å². The van der Waals surface area contributed by atoms with Gasteiger partial charge in [0.05, 0.1) is 17.7 Å². The van der Waals surface area contributed by atoms with E-state index in [1.54, 1.807) is 18.2 Å². The van der Waals surface area contributed by atoms with Gasteiger partial charge in [0.25, 0.3) is 11.7 Å². The van der Waals surface area contributed by atoms with Gasteiger partial charge in [-0.1, -0.05) is 47.5 Å². The van der Waals surface area contributed by atoms with Gasteiger partial charge in [0.1, 0.15) is 11.5 Å². The highest BCUT2D eigenvalue weighted by molar-refractivity contribution is 6.51. The summed E-state index contributed by atoms with van der Waals surface area (Å²) in [6.07, 6.45) is 0.0132. The van der Waals surface area contributed by atoms with Gasteiger partial charge in [-0.25, -0.2) is 0 Å². The molecule has 174 valence electrons. The van der Waals surface area contributed by atoms with Crippen molar-refractivity contribution in [3.63, 3.8) is 0 Å². The predicted molar refractivity (Wildman–Crippen MR) is 134 cm³/mol. The van der Waals surface area contributed by atoms with Crippen LogP contribution in [0, 0.1) is 20.8 Å². The van der Waals surface area contributed by atoms with E-state index >= 15 is 0 Å². The molecule has 0 saturated carbocycles. The molecule has 5 heteroatoms. The molecule has 4 rings (SSSR count). The summed E-state index contributed by atoms with van der Waals surface area (Å²) in [4.78, 5) is 28.0. The molecule has 1 aliphatic heterocycles. The molecule has 0 aromatic heterocycles. The Kier molecular flexibility index (Phi) is 6.29. The number of hydrogen-bond acceptors (Lipinski definition) is 4. The second-order valence-corrected chi connectivity index (χ2v) is 9.07. The van der Waals surface area contributed by atoms with Crippen molar-refractivity contribution in [2.45, 2.75) is 46.8 Å². The lowest BCUT2D eigenvalue weighted by Gasteiger charge is -2.26. The van der Waals surface area contributed by atoms with Crippen molar-refractivity contribution >= 4 is 23.1 Å². The molecule has 0 spiro atoms. The van der Waals surface area contributed by atoms with E-state index in [1.165, 1.54) is 4.90 Å². The lowest BCUT2D eigenvalue weighted by atomic mass is 9.93. The third-order valence-corrected chi connectivity index (χ3v) is 5.93. The van der Waals surface area contributed by atoms with Gasteiger partial charge in [-0.2, -0.15) is 0 Å². The van der Waals surface area contributed by atoms with Crippen molar-refractivity contribution < 1.29 is 19.4 Å². The highest BCUT2D eigenvalue weighted by Gasteiger charge is 2.47. The zero-order chi connectivity index (χ0) is 24.6. The number of rotatable bonds is 5. The van der Waals surface area contributed by atoms with E-state index < -0.39 is 17.7 Å². The number of nitrogens with zero attached hydrogens (tertiary/aromatic N) is 1. The van der Waals surface area contributed by atoms with E-state index in [4.69, 9.17) is 4.74 Å². The average molecular weight is 456 g/mol. The first kappa shape index (κ1) is 23.3.